The van der Waals surface area contributed by atoms with Crippen LogP contribution in [0.3, 0.4) is 0 Å². The van der Waals surface area contributed by atoms with Crippen LogP contribution in [0.25, 0.3) is 0 Å². The van der Waals surface area contributed by atoms with Crippen LogP contribution in [0.15, 0.2) is 0 Å². The Morgan fingerprint density at radius 1 is 1.60 bits per heavy atom. The van der Waals surface area contributed by atoms with E-state index in [0.29, 0.717) is 11.9 Å². The lowest BCUT2D eigenvalue weighted by Gasteiger charge is -2.33. The van der Waals surface area contributed by atoms with E-state index in [4.69, 9.17) is 0 Å². The van der Waals surface area contributed by atoms with E-state index in [-0.39, 0.29) is 5.92 Å². The molecule has 1 heterocycles. The molecule has 1 aliphatic rings. The van der Waals surface area contributed by atoms with Gasteiger partial charge >= 0.3 is 0 Å². The summed E-state index contributed by atoms with van der Waals surface area (Å²) in [7, 11) is 1.98. The number of amides is 1. The Labute approximate surface area is 93.2 Å². The van der Waals surface area contributed by atoms with Crippen molar-refractivity contribution in [1.82, 2.24) is 10.2 Å². The molecular weight excluding hydrogens is 188 g/mol. The second kappa shape index (κ2) is 6.11. The molecule has 1 N–H and O–H groups in total. The van der Waals surface area contributed by atoms with Crippen LogP contribution >= 0.6 is 0 Å². The van der Waals surface area contributed by atoms with Crippen LogP contribution in [0.5, 0.6) is 0 Å². The molecule has 1 saturated heterocycles. The van der Waals surface area contributed by atoms with Crippen LogP contribution < -0.4 is 5.32 Å². The van der Waals surface area contributed by atoms with Crippen molar-refractivity contribution in [3.05, 3.63) is 0 Å². The quantitative estimate of drug-likeness (QED) is 0.751. The largest absolute Gasteiger partial charge is 0.341 e. The maximum absolute atomic E-state index is 11.9. The van der Waals surface area contributed by atoms with Crippen molar-refractivity contribution in [1.29, 1.82) is 0 Å². The van der Waals surface area contributed by atoms with Crippen LogP contribution in [0, 0.1) is 5.92 Å². The number of piperidine rings is 1. The fraction of sp³-hybridized carbons (Fsp3) is 0.917. The van der Waals surface area contributed by atoms with Gasteiger partial charge in [0.15, 0.2) is 0 Å². The van der Waals surface area contributed by atoms with E-state index in [9.17, 15) is 4.79 Å². The molecular formula is C12H24N2O. The minimum Gasteiger partial charge on any atom is -0.341 e. The minimum absolute atomic E-state index is 0.234. The number of nitrogens with zero attached hydrogens (tertiary/aromatic N) is 1. The fourth-order valence-electron chi connectivity index (χ4n) is 2.26. The van der Waals surface area contributed by atoms with Crippen molar-refractivity contribution < 1.29 is 4.79 Å². The predicted molar refractivity (Wildman–Crippen MR) is 62.7 cm³/mol. The molecule has 88 valence electrons. The monoisotopic (exact) mass is 212 g/mol. The zero-order valence-corrected chi connectivity index (χ0v) is 10.3. The van der Waals surface area contributed by atoms with Gasteiger partial charge in [0.25, 0.3) is 0 Å². The van der Waals surface area contributed by atoms with Gasteiger partial charge in [-0.2, -0.15) is 0 Å². The number of likely N-dealkylation sites (N-methyl/N-ethyl adjacent to an activating group) is 1. The second-order valence-corrected chi connectivity index (χ2v) is 4.60. The Hall–Kier alpha value is -0.570. The standard InChI is InChI=1S/C12H24N2O/c1-4-6-11(13-3)9-14-8-5-7-10(2)12(14)15/h10-11,13H,4-9H2,1-3H3. The molecule has 1 aliphatic heterocycles. The lowest BCUT2D eigenvalue weighted by atomic mass is 9.98. The number of nitrogens with one attached hydrogen (secondary N) is 1. The van der Waals surface area contributed by atoms with Crippen molar-refractivity contribution in [2.45, 2.75) is 45.6 Å². The highest BCUT2D eigenvalue weighted by Crippen LogP contribution is 2.17. The second-order valence-electron chi connectivity index (χ2n) is 4.60. The van der Waals surface area contributed by atoms with Gasteiger partial charge in [0, 0.05) is 25.0 Å². The number of carbonyl (C=O) groups is 1. The maximum Gasteiger partial charge on any atom is 0.225 e. The van der Waals surface area contributed by atoms with Gasteiger partial charge in [0.1, 0.15) is 0 Å². The predicted octanol–water partition coefficient (Wildman–Crippen LogP) is 1.63. The van der Waals surface area contributed by atoms with E-state index in [0.717, 1.165) is 32.4 Å². The van der Waals surface area contributed by atoms with Crippen LogP contribution in [-0.2, 0) is 4.79 Å². The number of hydrogen-bond donors (Lipinski definition) is 1. The maximum atomic E-state index is 11.9. The van der Waals surface area contributed by atoms with Gasteiger partial charge in [-0.1, -0.05) is 20.3 Å². The Kier molecular flexibility index (Phi) is 5.09. The molecule has 0 aliphatic carbocycles. The van der Waals surface area contributed by atoms with E-state index in [1.165, 1.54) is 6.42 Å². The van der Waals surface area contributed by atoms with Crippen molar-refractivity contribution in [2.24, 2.45) is 5.92 Å². The highest BCUT2D eigenvalue weighted by Gasteiger charge is 2.26. The normalized spacial score (nSPS) is 24.3. The first-order chi connectivity index (χ1) is 7.19. The van der Waals surface area contributed by atoms with Gasteiger partial charge < -0.3 is 10.2 Å². The highest BCUT2D eigenvalue weighted by molar-refractivity contribution is 5.79. The molecule has 2 atom stereocenters. The number of rotatable bonds is 5. The molecule has 1 rings (SSSR count). The summed E-state index contributed by atoms with van der Waals surface area (Å²) >= 11 is 0. The molecule has 0 saturated carbocycles. The van der Waals surface area contributed by atoms with Crippen molar-refractivity contribution in [3.63, 3.8) is 0 Å². The summed E-state index contributed by atoms with van der Waals surface area (Å²) in [4.78, 5) is 13.9. The van der Waals surface area contributed by atoms with Gasteiger partial charge in [-0.25, -0.2) is 0 Å². The molecule has 15 heavy (non-hydrogen) atoms. The molecule has 1 fully saturated rings. The number of carbonyl (C=O) groups excluding carboxylic acids is 1. The third-order valence-electron chi connectivity index (χ3n) is 3.28. The summed E-state index contributed by atoms with van der Waals surface area (Å²) in [6, 6.07) is 0.462. The number of hydrogen-bond acceptors (Lipinski definition) is 2. The molecule has 3 heteroatoms. The zero-order chi connectivity index (χ0) is 11.3. The molecule has 3 nitrogen and oxygen atoms in total. The summed E-state index contributed by atoms with van der Waals surface area (Å²) in [6.45, 7) is 6.06. The smallest absolute Gasteiger partial charge is 0.225 e. The van der Waals surface area contributed by atoms with Gasteiger partial charge in [-0.15, -0.1) is 0 Å². The Balaban J connectivity index is 2.44. The lowest BCUT2D eigenvalue weighted by Crippen LogP contribution is -2.47. The van der Waals surface area contributed by atoms with Gasteiger partial charge in [-0.3, -0.25) is 4.79 Å². The van der Waals surface area contributed by atoms with Crippen LogP contribution in [0.4, 0.5) is 0 Å². The first-order valence-electron chi connectivity index (χ1n) is 6.15. The molecule has 0 aromatic heterocycles. The fourth-order valence-corrected chi connectivity index (χ4v) is 2.26. The topological polar surface area (TPSA) is 32.3 Å². The summed E-state index contributed by atoms with van der Waals surface area (Å²) < 4.78 is 0. The minimum atomic E-state index is 0.234. The Morgan fingerprint density at radius 2 is 2.33 bits per heavy atom. The summed E-state index contributed by atoms with van der Waals surface area (Å²) in [5, 5.41) is 3.29. The first-order valence-corrected chi connectivity index (χ1v) is 6.15. The first kappa shape index (κ1) is 12.5. The highest BCUT2D eigenvalue weighted by atomic mass is 16.2. The van der Waals surface area contributed by atoms with Crippen LogP contribution in [0.2, 0.25) is 0 Å². The van der Waals surface area contributed by atoms with E-state index >= 15 is 0 Å². The zero-order valence-electron chi connectivity index (χ0n) is 10.3. The molecule has 0 aromatic carbocycles. The average molecular weight is 212 g/mol. The van der Waals surface area contributed by atoms with E-state index < -0.39 is 0 Å². The van der Waals surface area contributed by atoms with Crippen LogP contribution in [-0.4, -0.2) is 37.0 Å². The van der Waals surface area contributed by atoms with E-state index in [1.807, 2.05) is 18.9 Å². The summed E-state index contributed by atoms with van der Waals surface area (Å²) in [5.74, 6) is 0.579. The summed E-state index contributed by atoms with van der Waals surface area (Å²) in [5.41, 5.74) is 0. The van der Waals surface area contributed by atoms with Crippen LogP contribution in [0.1, 0.15) is 39.5 Å². The number of likely N-dealkylation sites (tertiary alicyclic amines) is 1. The SMILES string of the molecule is CCCC(CN1CCCC(C)C1=O)NC. The van der Waals surface area contributed by atoms with E-state index in [2.05, 4.69) is 12.2 Å². The molecule has 0 spiro atoms. The van der Waals surface area contributed by atoms with Gasteiger partial charge in [-0.05, 0) is 26.3 Å². The van der Waals surface area contributed by atoms with Gasteiger partial charge in [0.05, 0.1) is 0 Å². The lowest BCUT2D eigenvalue weighted by molar-refractivity contribution is -0.138. The molecule has 0 bridgehead atoms. The van der Waals surface area contributed by atoms with Crippen molar-refractivity contribution >= 4 is 5.91 Å². The summed E-state index contributed by atoms with van der Waals surface area (Å²) in [6.07, 6.45) is 4.54. The third kappa shape index (κ3) is 3.49. The average Bonchev–Trinajstić information content (AvgIpc) is 2.24. The third-order valence-corrected chi connectivity index (χ3v) is 3.28. The van der Waals surface area contributed by atoms with Gasteiger partial charge in [0.2, 0.25) is 5.91 Å². The van der Waals surface area contributed by atoms with E-state index in [1.54, 1.807) is 0 Å². The molecule has 0 aromatic rings. The Bertz CT molecular complexity index is 206. The van der Waals surface area contributed by atoms with Crippen molar-refractivity contribution in [3.8, 4) is 0 Å². The van der Waals surface area contributed by atoms with Crippen molar-refractivity contribution in [2.75, 3.05) is 20.1 Å². The Morgan fingerprint density at radius 3 is 2.93 bits per heavy atom. The molecule has 1 amide bonds. The molecule has 2 unspecified atom stereocenters. The molecule has 0 radical (unpaired) electrons.